The Morgan fingerprint density at radius 3 is 2.95 bits per heavy atom. The fourth-order valence-corrected chi connectivity index (χ4v) is 3.49. The number of carbonyl (C=O) groups is 1. The van der Waals surface area contributed by atoms with Gasteiger partial charge in [0.15, 0.2) is 0 Å². The molecule has 0 atom stereocenters. The Bertz CT molecular complexity index is 632. The normalized spacial score (nSPS) is 14.1. The van der Waals surface area contributed by atoms with E-state index in [1.54, 1.807) is 30.1 Å². The Kier molecular flexibility index (Phi) is 3.57. The van der Waals surface area contributed by atoms with Crippen molar-refractivity contribution in [2.45, 2.75) is 4.90 Å². The maximum absolute atomic E-state index is 12.6. The smallest absolute Gasteiger partial charge is 0.261 e. The first kappa shape index (κ1) is 12.7. The summed E-state index contributed by atoms with van der Waals surface area (Å²) in [5.74, 6) is 0.911. The van der Waals surface area contributed by atoms with Gasteiger partial charge in [0.1, 0.15) is 4.60 Å². The lowest BCUT2D eigenvalue weighted by Crippen LogP contribution is -2.35. The van der Waals surface area contributed by atoms with E-state index in [9.17, 15) is 4.79 Å². The first-order valence-electron chi connectivity index (χ1n) is 5.91. The van der Waals surface area contributed by atoms with Crippen molar-refractivity contribution in [2.75, 3.05) is 17.2 Å². The number of nitrogens with zero attached hydrogens (tertiary/aromatic N) is 2. The van der Waals surface area contributed by atoms with Crippen LogP contribution in [0.25, 0.3) is 0 Å². The summed E-state index contributed by atoms with van der Waals surface area (Å²) in [7, 11) is 0. The Balaban J connectivity index is 2.00. The zero-order valence-electron chi connectivity index (χ0n) is 10.0. The van der Waals surface area contributed by atoms with Crippen LogP contribution in [0.3, 0.4) is 0 Å². The highest BCUT2D eigenvalue weighted by Crippen LogP contribution is 2.35. The van der Waals surface area contributed by atoms with Crippen molar-refractivity contribution in [2.24, 2.45) is 0 Å². The van der Waals surface area contributed by atoms with Crippen LogP contribution in [0.4, 0.5) is 5.69 Å². The summed E-state index contributed by atoms with van der Waals surface area (Å²) in [6.07, 6.45) is 1.67. The molecular weight excluding hydrogens is 324 g/mol. The van der Waals surface area contributed by atoms with Crippen molar-refractivity contribution in [1.29, 1.82) is 0 Å². The molecule has 0 N–H and O–H groups in total. The van der Waals surface area contributed by atoms with Gasteiger partial charge in [-0.1, -0.05) is 12.1 Å². The highest BCUT2D eigenvalue weighted by atomic mass is 79.9. The number of aromatic nitrogens is 1. The number of rotatable bonds is 1. The molecule has 1 aromatic heterocycles. The van der Waals surface area contributed by atoms with Gasteiger partial charge in [-0.25, -0.2) is 4.98 Å². The molecule has 0 saturated heterocycles. The molecule has 1 aromatic carbocycles. The lowest BCUT2D eigenvalue weighted by atomic mass is 10.2. The van der Waals surface area contributed by atoms with Crippen LogP contribution in [0.5, 0.6) is 0 Å². The van der Waals surface area contributed by atoms with Crippen LogP contribution >= 0.6 is 27.7 Å². The van der Waals surface area contributed by atoms with Crippen molar-refractivity contribution >= 4 is 39.3 Å². The lowest BCUT2D eigenvalue weighted by Gasteiger charge is -2.29. The molecule has 5 heteroatoms. The molecule has 19 heavy (non-hydrogen) atoms. The molecule has 0 unspecified atom stereocenters. The van der Waals surface area contributed by atoms with Gasteiger partial charge in [-0.15, -0.1) is 11.8 Å². The second-order valence-corrected chi connectivity index (χ2v) is 6.00. The van der Waals surface area contributed by atoms with E-state index in [1.807, 2.05) is 23.1 Å². The van der Waals surface area contributed by atoms with E-state index in [2.05, 4.69) is 27.0 Å². The molecule has 0 saturated carbocycles. The van der Waals surface area contributed by atoms with Crippen LogP contribution in [0.1, 0.15) is 10.4 Å². The van der Waals surface area contributed by atoms with Crippen LogP contribution < -0.4 is 4.90 Å². The van der Waals surface area contributed by atoms with E-state index < -0.39 is 0 Å². The molecule has 2 aromatic rings. The van der Waals surface area contributed by atoms with Crippen LogP contribution in [0, 0.1) is 0 Å². The van der Waals surface area contributed by atoms with Gasteiger partial charge in [0.05, 0.1) is 11.3 Å². The lowest BCUT2D eigenvalue weighted by molar-refractivity contribution is 0.0986. The highest BCUT2D eigenvalue weighted by molar-refractivity contribution is 9.10. The largest absolute Gasteiger partial charge is 0.306 e. The van der Waals surface area contributed by atoms with Gasteiger partial charge in [-0.05, 0) is 40.2 Å². The van der Waals surface area contributed by atoms with Crippen molar-refractivity contribution in [3.8, 4) is 0 Å². The Morgan fingerprint density at radius 2 is 2.11 bits per heavy atom. The SMILES string of the molecule is O=C(c1cccnc1Br)N1CCSc2ccccc21. The van der Waals surface area contributed by atoms with Gasteiger partial charge in [-0.2, -0.15) is 0 Å². The molecule has 3 rings (SSSR count). The van der Waals surface area contributed by atoms with Crippen LogP contribution in [-0.2, 0) is 0 Å². The summed E-state index contributed by atoms with van der Waals surface area (Å²) in [5, 5.41) is 0. The van der Waals surface area contributed by atoms with Crippen molar-refractivity contribution in [3.63, 3.8) is 0 Å². The first-order chi connectivity index (χ1) is 9.27. The van der Waals surface area contributed by atoms with Crippen molar-refractivity contribution in [1.82, 2.24) is 4.98 Å². The number of halogens is 1. The number of anilines is 1. The Morgan fingerprint density at radius 1 is 1.26 bits per heavy atom. The average Bonchev–Trinajstić information content (AvgIpc) is 2.46. The molecule has 3 nitrogen and oxygen atoms in total. The number of para-hydroxylation sites is 1. The Labute approximate surface area is 124 Å². The van der Waals surface area contributed by atoms with Gasteiger partial charge in [-0.3, -0.25) is 4.79 Å². The zero-order valence-corrected chi connectivity index (χ0v) is 12.4. The monoisotopic (exact) mass is 334 g/mol. The highest BCUT2D eigenvalue weighted by Gasteiger charge is 2.25. The second kappa shape index (κ2) is 5.35. The molecule has 0 radical (unpaired) electrons. The molecule has 96 valence electrons. The van der Waals surface area contributed by atoms with Crippen molar-refractivity contribution in [3.05, 3.63) is 52.8 Å². The molecule has 0 bridgehead atoms. The number of thioether (sulfide) groups is 1. The van der Waals surface area contributed by atoms with E-state index in [0.29, 0.717) is 10.2 Å². The van der Waals surface area contributed by atoms with Crippen LogP contribution in [0.2, 0.25) is 0 Å². The third-order valence-corrected chi connectivity index (χ3v) is 4.64. The fourth-order valence-electron chi connectivity index (χ4n) is 2.07. The van der Waals surface area contributed by atoms with Gasteiger partial charge in [0.2, 0.25) is 0 Å². The molecule has 0 spiro atoms. The summed E-state index contributed by atoms with van der Waals surface area (Å²) in [5.41, 5.74) is 1.59. The summed E-state index contributed by atoms with van der Waals surface area (Å²) < 4.78 is 0.593. The van der Waals surface area contributed by atoms with E-state index in [1.165, 1.54) is 0 Å². The van der Waals surface area contributed by atoms with Gasteiger partial charge < -0.3 is 4.90 Å². The standard InChI is InChI=1S/C14H11BrN2OS/c15-13-10(4-3-7-16-13)14(18)17-8-9-19-12-6-2-1-5-11(12)17/h1-7H,8-9H2. The Hall–Kier alpha value is -1.33. The minimum atomic E-state index is -0.00674. The second-order valence-electron chi connectivity index (χ2n) is 4.11. The number of amides is 1. The molecule has 0 aliphatic carbocycles. The van der Waals surface area contributed by atoms with Crippen LogP contribution in [-0.4, -0.2) is 23.2 Å². The summed E-state index contributed by atoms with van der Waals surface area (Å²) >= 11 is 5.13. The number of hydrogen-bond acceptors (Lipinski definition) is 3. The van der Waals surface area contributed by atoms with Gasteiger partial charge in [0, 0.05) is 23.4 Å². The minimum absolute atomic E-state index is 0.00674. The van der Waals surface area contributed by atoms with E-state index >= 15 is 0 Å². The molecule has 1 aliphatic rings. The number of fused-ring (bicyclic) bond motifs is 1. The zero-order chi connectivity index (χ0) is 13.2. The molecule has 0 fully saturated rings. The minimum Gasteiger partial charge on any atom is -0.306 e. The molecule has 1 amide bonds. The average molecular weight is 335 g/mol. The van der Waals surface area contributed by atoms with E-state index in [4.69, 9.17) is 0 Å². The van der Waals surface area contributed by atoms with Crippen molar-refractivity contribution < 1.29 is 4.79 Å². The van der Waals surface area contributed by atoms with Crippen LogP contribution in [0.15, 0.2) is 52.1 Å². The number of pyridine rings is 1. The molecular formula is C14H11BrN2OS. The van der Waals surface area contributed by atoms with E-state index in [-0.39, 0.29) is 5.91 Å². The van der Waals surface area contributed by atoms with E-state index in [0.717, 1.165) is 22.9 Å². The summed E-state index contributed by atoms with van der Waals surface area (Å²) in [6.45, 7) is 0.724. The maximum Gasteiger partial charge on any atom is 0.261 e. The first-order valence-corrected chi connectivity index (χ1v) is 7.69. The third-order valence-electron chi connectivity index (χ3n) is 2.96. The van der Waals surface area contributed by atoms with Gasteiger partial charge in [0.25, 0.3) is 5.91 Å². The third kappa shape index (κ3) is 2.40. The summed E-state index contributed by atoms with van der Waals surface area (Å²) in [4.78, 5) is 19.7. The number of carbonyl (C=O) groups excluding carboxylic acids is 1. The molecule has 1 aliphatic heterocycles. The maximum atomic E-state index is 12.6. The quantitative estimate of drug-likeness (QED) is 0.747. The number of hydrogen-bond donors (Lipinski definition) is 0. The predicted octanol–water partition coefficient (Wildman–Crippen LogP) is 3.60. The number of benzene rings is 1. The van der Waals surface area contributed by atoms with Gasteiger partial charge >= 0.3 is 0 Å². The molecule has 2 heterocycles. The summed E-state index contributed by atoms with van der Waals surface area (Å²) in [6, 6.07) is 11.6. The predicted molar refractivity (Wildman–Crippen MR) is 80.8 cm³/mol. The topological polar surface area (TPSA) is 33.2 Å². The fraction of sp³-hybridized carbons (Fsp3) is 0.143.